The van der Waals surface area contributed by atoms with E-state index in [1.54, 1.807) is 12.1 Å². The Morgan fingerprint density at radius 1 is 1.50 bits per heavy atom. The number of hydrogen-bond donors (Lipinski definition) is 2. The average Bonchev–Trinajstić information content (AvgIpc) is 3.18. The highest BCUT2D eigenvalue weighted by Crippen LogP contribution is 2.40. The predicted molar refractivity (Wildman–Crippen MR) is 72.9 cm³/mol. The summed E-state index contributed by atoms with van der Waals surface area (Å²) in [4.78, 5) is 12.2. The minimum absolute atomic E-state index is 0.0268. The summed E-state index contributed by atoms with van der Waals surface area (Å²) < 4.78 is 18.6. The molecule has 1 saturated heterocycles. The third-order valence-electron chi connectivity index (χ3n) is 3.99. The Morgan fingerprint density at radius 2 is 2.35 bits per heavy atom. The lowest BCUT2D eigenvalue weighted by Crippen LogP contribution is -2.55. The number of nitrogens with one attached hydrogen (secondary N) is 2. The molecule has 4 nitrogen and oxygen atoms in total. The van der Waals surface area contributed by atoms with Crippen molar-refractivity contribution in [2.24, 2.45) is 0 Å². The van der Waals surface area contributed by atoms with Crippen LogP contribution < -0.4 is 10.6 Å². The van der Waals surface area contributed by atoms with Crippen molar-refractivity contribution in [2.45, 2.75) is 37.5 Å². The molecule has 5 heteroatoms. The molecule has 108 valence electrons. The van der Waals surface area contributed by atoms with Gasteiger partial charge in [-0.15, -0.1) is 0 Å². The van der Waals surface area contributed by atoms with Gasteiger partial charge in [0.15, 0.2) is 0 Å². The molecule has 1 aromatic rings. The number of rotatable bonds is 3. The minimum atomic E-state index is -0.294. The smallest absolute Gasteiger partial charge is 0.240 e. The van der Waals surface area contributed by atoms with Crippen LogP contribution in [-0.2, 0) is 9.53 Å². The monoisotopic (exact) mass is 278 g/mol. The maximum Gasteiger partial charge on any atom is 0.240 e. The lowest BCUT2D eigenvalue weighted by molar-refractivity contribution is -0.129. The summed E-state index contributed by atoms with van der Waals surface area (Å²) >= 11 is 0. The quantitative estimate of drug-likeness (QED) is 0.873. The summed E-state index contributed by atoms with van der Waals surface area (Å²) in [5.74, 6) is -0.0222. The summed E-state index contributed by atoms with van der Waals surface area (Å²) in [6.45, 7) is 3.23. The van der Waals surface area contributed by atoms with E-state index in [-0.39, 0.29) is 35.8 Å². The largest absolute Gasteiger partial charge is 0.375 e. The molecule has 1 aromatic carbocycles. The van der Waals surface area contributed by atoms with Gasteiger partial charge in [0.25, 0.3) is 0 Å². The van der Waals surface area contributed by atoms with Gasteiger partial charge in [-0.25, -0.2) is 4.39 Å². The molecule has 1 saturated carbocycles. The number of amides is 1. The van der Waals surface area contributed by atoms with Crippen LogP contribution in [0.3, 0.4) is 0 Å². The maximum atomic E-state index is 13.2. The third kappa shape index (κ3) is 2.83. The van der Waals surface area contributed by atoms with Gasteiger partial charge in [-0.1, -0.05) is 12.1 Å². The molecule has 1 aliphatic heterocycles. The molecule has 0 radical (unpaired) electrons. The van der Waals surface area contributed by atoms with Crippen molar-refractivity contribution < 1.29 is 13.9 Å². The van der Waals surface area contributed by atoms with E-state index in [0.717, 1.165) is 12.0 Å². The number of carbonyl (C=O) groups is 1. The van der Waals surface area contributed by atoms with Crippen LogP contribution in [-0.4, -0.2) is 37.2 Å². The summed E-state index contributed by atoms with van der Waals surface area (Å²) in [5, 5.41) is 6.19. The Kier molecular flexibility index (Phi) is 3.72. The molecule has 20 heavy (non-hydrogen) atoms. The molecular formula is C15H19FN2O2. The van der Waals surface area contributed by atoms with E-state index >= 15 is 0 Å². The van der Waals surface area contributed by atoms with Gasteiger partial charge < -0.3 is 15.4 Å². The molecular weight excluding hydrogens is 259 g/mol. The zero-order chi connectivity index (χ0) is 14.1. The highest BCUT2D eigenvalue weighted by molar-refractivity contribution is 5.83. The number of carbonyl (C=O) groups excluding carboxylic acids is 1. The van der Waals surface area contributed by atoms with Crippen LogP contribution in [0.25, 0.3) is 0 Å². The number of halogens is 1. The van der Waals surface area contributed by atoms with E-state index in [0.29, 0.717) is 13.2 Å². The van der Waals surface area contributed by atoms with Gasteiger partial charge in [0.2, 0.25) is 5.91 Å². The Labute approximate surface area is 117 Å². The molecule has 2 unspecified atom stereocenters. The zero-order valence-corrected chi connectivity index (χ0v) is 11.4. The van der Waals surface area contributed by atoms with Crippen molar-refractivity contribution in [3.63, 3.8) is 0 Å². The van der Waals surface area contributed by atoms with E-state index in [2.05, 4.69) is 10.6 Å². The first kappa shape index (κ1) is 13.5. The minimum Gasteiger partial charge on any atom is -0.375 e. The molecule has 0 bridgehead atoms. The summed E-state index contributed by atoms with van der Waals surface area (Å²) in [6.07, 6.45) is 0.757. The molecule has 1 aliphatic carbocycles. The van der Waals surface area contributed by atoms with Gasteiger partial charge >= 0.3 is 0 Å². The fourth-order valence-electron chi connectivity index (χ4n) is 2.76. The Hall–Kier alpha value is -1.46. The van der Waals surface area contributed by atoms with Crippen molar-refractivity contribution >= 4 is 5.91 Å². The molecule has 4 atom stereocenters. The van der Waals surface area contributed by atoms with E-state index in [1.165, 1.54) is 6.07 Å². The van der Waals surface area contributed by atoms with Crippen molar-refractivity contribution in [3.05, 3.63) is 35.6 Å². The van der Waals surface area contributed by atoms with E-state index in [9.17, 15) is 9.18 Å². The van der Waals surface area contributed by atoms with Crippen molar-refractivity contribution in [3.8, 4) is 0 Å². The number of ether oxygens (including phenoxy) is 1. The second kappa shape index (κ2) is 5.50. The molecule has 2 aliphatic rings. The van der Waals surface area contributed by atoms with Gasteiger partial charge in [0.05, 0.1) is 12.7 Å². The van der Waals surface area contributed by atoms with Crippen LogP contribution >= 0.6 is 0 Å². The van der Waals surface area contributed by atoms with E-state index in [4.69, 9.17) is 4.74 Å². The van der Waals surface area contributed by atoms with Crippen LogP contribution in [0.1, 0.15) is 24.8 Å². The second-order valence-electron chi connectivity index (χ2n) is 5.52. The van der Waals surface area contributed by atoms with Gasteiger partial charge in [-0.05, 0) is 31.0 Å². The lowest BCUT2D eigenvalue weighted by Gasteiger charge is -2.29. The van der Waals surface area contributed by atoms with Crippen molar-refractivity contribution in [2.75, 3.05) is 13.2 Å². The number of hydrogen-bond acceptors (Lipinski definition) is 3. The zero-order valence-electron chi connectivity index (χ0n) is 11.4. The highest BCUT2D eigenvalue weighted by Gasteiger charge is 2.41. The third-order valence-corrected chi connectivity index (χ3v) is 3.99. The first-order valence-electron chi connectivity index (χ1n) is 7.06. The SMILES string of the molecule is C[C@H]1OCCN[C@@H]1C(=O)NC1CC1c1cccc(F)c1. The van der Waals surface area contributed by atoms with Crippen LogP contribution in [0.15, 0.2) is 24.3 Å². The Morgan fingerprint density at radius 3 is 3.10 bits per heavy atom. The molecule has 1 amide bonds. The molecule has 2 fully saturated rings. The Bertz CT molecular complexity index is 508. The summed E-state index contributed by atoms with van der Waals surface area (Å²) in [7, 11) is 0. The van der Waals surface area contributed by atoms with Crippen molar-refractivity contribution in [1.82, 2.24) is 10.6 Å². The summed E-state index contributed by atoms with van der Waals surface area (Å²) in [5.41, 5.74) is 0.955. The fourth-order valence-corrected chi connectivity index (χ4v) is 2.76. The molecule has 3 rings (SSSR count). The van der Waals surface area contributed by atoms with Crippen molar-refractivity contribution in [1.29, 1.82) is 0 Å². The molecule has 2 N–H and O–H groups in total. The van der Waals surface area contributed by atoms with Gasteiger partial charge in [0, 0.05) is 18.5 Å². The first-order chi connectivity index (χ1) is 9.65. The fraction of sp³-hybridized carbons (Fsp3) is 0.533. The van der Waals surface area contributed by atoms with Gasteiger partial charge in [-0.3, -0.25) is 4.79 Å². The van der Waals surface area contributed by atoms with Crippen LogP contribution in [0.5, 0.6) is 0 Å². The highest BCUT2D eigenvalue weighted by atomic mass is 19.1. The Balaban J connectivity index is 1.56. The number of morpholine rings is 1. The topological polar surface area (TPSA) is 50.4 Å². The molecule has 1 heterocycles. The predicted octanol–water partition coefficient (Wildman–Crippen LogP) is 1.17. The van der Waals surface area contributed by atoms with Gasteiger partial charge in [-0.2, -0.15) is 0 Å². The lowest BCUT2D eigenvalue weighted by atomic mass is 10.1. The second-order valence-corrected chi connectivity index (χ2v) is 5.52. The van der Waals surface area contributed by atoms with Crippen LogP contribution in [0, 0.1) is 5.82 Å². The standard InChI is InChI=1S/C15H19FN2O2/c1-9-14(17-5-6-20-9)15(19)18-13-8-12(13)10-3-2-4-11(16)7-10/h2-4,7,9,12-14,17H,5-6,8H2,1H3,(H,18,19)/t9-,12?,13?,14+/m1/s1. The average molecular weight is 278 g/mol. The normalized spacial score (nSPS) is 32.7. The van der Waals surface area contributed by atoms with Crippen LogP contribution in [0.2, 0.25) is 0 Å². The molecule has 0 aromatic heterocycles. The maximum absolute atomic E-state index is 13.2. The van der Waals surface area contributed by atoms with Crippen LogP contribution in [0.4, 0.5) is 4.39 Å². The van der Waals surface area contributed by atoms with E-state index < -0.39 is 0 Å². The van der Waals surface area contributed by atoms with E-state index in [1.807, 2.05) is 13.0 Å². The first-order valence-corrected chi connectivity index (χ1v) is 7.06. The summed E-state index contributed by atoms with van der Waals surface area (Å²) in [6, 6.07) is 6.41. The van der Waals surface area contributed by atoms with Gasteiger partial charge in [0.1, 0.15) is 11.9 Å². The number of benzene rings is 1. The molecule has 0 spiro atoms.